The molecule has 1 aliphatic rings. The van der Waals surface area contributed by atoms with Crippen molar-refractivity contribution in [2.45, 2.75) is 18.9 Å². The standard InChI is InChI=1S/C11H16N4O2S/c1-13-9(16)6-7(12)8(18-11(6)14-2)10(17)15-5-3-4-5/h5,14H,3-4,12H2,1-2H3,(H,13,16)(H,15,17). The third kappa shape index (κ3) is 2.26. The molecule has 0 unspecified atom stereocenters. The summed E-state index contributed by atoms with van der Waals surface area (Å²) in [6, 6.07) is 0.264. The molecule has 1 heterocycles. The van der Waals surface area contributed by atoms with Gasteiger partial charge in [-0.1, -0.05) is 0 Å². The van der Waals surface area contributed by atoms with Crippen molar-refractivity contribution >= 4 is 33.8 Å². The van der Waals surface area contributed by atoms with E-state index in [4.69, 9.17) is 5.73 Å². The number of hydrogen-bond acceptors (Lipinski definition) is 5. The molecule has 1 aromatic heterocycles. The summed E-state index contributed by atoms with van der Waals surface area (Å²) >= 11 is 1.20. The maximum absolute atomic E-state index is 12.0. The first-order chi connectivity index (χ1) is 8.58. The molecule has 2 amide bonds. The highest BCUT2D eigenvalue weighted by Crippen LogP contribution is 2.35. The van der Waals surface area contributed by atoms with Crippen LogP contribution in [0.1, 0.15) is 32.9 Å². The molecule has 18 heavy (non-hydrogen) atoms. The molecule has 6 nitrogen and oxygen atoms in total. The number of nitrogen functional groups attached to an aromatic ring is 1. The Balaban J connectivity index is 2.33. The van der Waals surface area contributed by atoms with E-state index in [2.05, 4.69) is 16.0 Å². The Kier molecular flexibility index (Phi) is 3.42. The maximum Gasteiger partial charge on any atom is 0.263 e. The molecule has 0 aliphatic heterocycles. The predicted molar refractivity (Wildman–Crippen MR) is 72.2 cm³/mol. The number of nitrogens with one attached hydrogen (secondary N) is 3. The minimum atomic E-state index is -0.293. The lowest BCUT2D eigenvalue weighted by Crippen LogP contribution is -2.25. The summed E-state index contributed by atoms with van der Waals surface area (Å²) < 4.78 is 0. The number of anilines is 2. The molecule has 7 heteroatoms. The summed E-state index contributed by atoms with van der Waals surface area (Å²) in [5, 5.41) is 8.88. The molecule has 1 aromatic rings. The molecule has 0 bridgehead atoms. The van der Waals surface area contributed by atoms with Crippen LogP contribution in [-0.4, -0.2) is 32.0 Å². The van der Waals surface area contributed by atoms with Gasteiger partial charge in [-0.15, -0.1) is 11.3 Å². The summed E-state index contributed by atoms with van der Waals surface area (Å²) in [7, 11) is 3.23. The molecule has 2 rings (SSSR count). The van der Waals surface area contributed by atoms with Gasteiger partial charge in [-0.05, 0) is 12.8 Å². The van der Waals surface area contributed by atoms with Crippen LogP contribution in [0.25, 0.3) is 0 Å². The molecule has 1 aliphatic carbocycles. The van der Waals surface area contributed by atoms with Gasteiger partial charge in [-0.25, -0.2) is 0 Å². The fourth-order valence-corrected chi connectivity index (χ4v) is 2.59. The van der Waals surface area contributed by atoms with E-state index in [1.54, 1.807) is 7.05 Å². The van der Waals surface area contributed by atoms with Gasteiger partial charge in [0.25, 0.3) is 11.8 Å². The van der Waals surface area contributed by atoms with Gasteiger partial charge in [0.15, 0.2) is 0 Å². The van der Waals surface area contributed by atoms with Crippen LogP contribution < -0.4 is 21.7 Å². The van der Waals surface area contributed by atoms with Crippen molar-refractivity contribution in [1.29, 1.82) is 0 Å². The van der Waals surface area contributed by atoms with E-state index >= 15 is 0 Å². The van der Waals surface area contributed by atoms with E-state index in [9.17, 15) is 9.59 Å². The Morgan fingerprint density at radius 1 is 1.28 bits per heavy atom. The summed E-state index contributed by atoms with van der Waals surface area (Å²) in [5.74, 6) is -0.495. The lowest BCUT2D eigenvalue weighted by molar-refractivity contribution is 0.0955. The predicted octanol–water partition coefficient (Wildman–Crippen LogP) is 0.624. The van der Waals surface area contributed by atoms with Gasteiger partial charge >= 0.3 is 0 Å². The van der Waals surface area contributed by atoms with Crippen molar-refractivity contribution in [2.24, 2.45) is 0 Å². The van der Waals surface area contributed by atoms with Gasteiger partial charge in [0.1, 0.15) is 9.88 Å². The van der Waals surface area contributed by atoms with Crippen molar-refractivity contribution in [3.8, 4) is 0 Å². The van der Waals surface area contributed by atoms with Crippen LogP contribution >= 0.6 is 11.3 Å². The Hall–Kier alpha value is -1.76. The number of amides is 2. The van der Waals surface area contributed by atoms with Gasteiger partial charge in [0.05, 0.1) is 11.3 Å². The molecule has 0 radical (unpaired) electrons. The number of carbonyl (C=O) groups excluding carboxylic acids is 2. The van der Waals surface area contributed by atoms with Gasteiger partial charge in [-0.2, -0.15) is 0 Å². The van der Waals surface area contributed by atoms with Crippen LogP contribution in [-0.2, 0) is 0 Å². The molecule has 5 N–H and O–H groups in total. The van der Waals surface area contributed by atoms with Crippen molar-refractivity contribution in [1.82, 2.24) is 10.6 Å². The highest BCUT2D eigenvalue weighted by atomic mass is 32.1. The Morgan fingerprint density at radius 3 is 2.44 bits per heavy atom. The molecular formula is C11H16N4O2S. The zero-order valence-corrected chi connectivity index (χ0v) is 11.1. The van der Waals surface area contributed by atoms with Crippen LogP contribution in [0.15, 0.2) is 0 Å². The number of rotatable bonds is 4. The van der Waals surface area contributed by atoms with Crippen molar-refractivity contribution < 1.29 is 9.59 Å². The Labute approximate surface area is 109 Å². The molecular weight excluding hydrogens is 252 g/mol. The lowest BCUT2D eigenvalue weighted by atomic mass is 10.2. The van der Waals surface area contributed by atoms with Gasteiger partial charge in [-0.3, -0.25) is 9.59 Å². The molecule has 0 saturated heterocycles. The smallest absolute Gasteiger partial charge is 0.263 e. The van der Waals surface area contributed by atoms with Gasteiger partial charge < -0.3 is 21.7 Å². The van der Waals surface area contributed by atoms with Gasteiger partial charge in [0, 0.05) is 20.1 Å². The van der Waals surface area contributed by atoms with Crippen molar-refractivity contribution in [3.63, 3.8) is 0 Å². The molecule has 0 aromatic carbocycles. The molecule has 0 spiro atoms. The normalized spacial score (nSPS) is 14.1. The van der Waals surface area contributed by atoms with Crippen molar-refractivity contribution in [2.75, 3.05) is 25.1 Å². The van der Waals surface area contributed by atoms with Crippen LogP contribution in [0.5, 0.6) is 0 Å². The maximum atomic E-state index is 12.0. The highest BCUT2D eigenvalue weighted by molar-refractivity contribution is 7.19. The van der Waals surface area contributed by atoms with E-state index in [0.29, 0.717) is 15.4 Å². The van der Waals surface area contributed by atoms with E-state index in [1.165, 1.54) is 18.4 Å². The highest BCUT2D eigenvalue weighted by Gasteiger charge is 2.28. The van der Waals surface area contributed by atoms with E-state index in [0.717, 1.165) is 12.8 Å². The molecule has 1 saturated carbocycles. The average Bonchev–Trinajstić information content (AvgIpc) is 3.10. The van der Waals surface area contributed by atoms with E-state index in [1.807, 2.05) is 0 Å². The summed E-state index contributed by atoms with van der Waals surface area (Å²) in [5.41, 5.74) is 6.48. The lowest BCUT2D eigenvalue weighted by Gasteiger charge is -2.03. The van der Waals surface area contributed by atoms with Crippen LogP contribution in [0.2, 0.25) is 0 Å². The first-order valence-corrected chi connectivity index (χ1v) is 6.53. The van der Waals surface area contributed by atoms with E-state index < -0.39 is 0 Å². The summed E-state index contributed by atoms with van der Waals surface area (Å²) in [6.45, 7) is 0. The second-order valence-electron chi connectivity index (χ2n) is 4.13. The third-order valence-corrected chi connectivity index (χ3v) is 3.97. The first kappa shape index (κ1) is 12.7. The number of hydrogen-bond donors (Lipinski definition) is 4. The second-order valence-corrected chi connectivity index (χ2v) is 5.15. The zero-order chi connectivity index (χ0) is 13.3. The number of thiophene rings is 1. The Morgan fingerprint density at radius 2 is 1.94 bits per heavy atom. The Bertz CT molecular complexity index is 493. The number of carbonyl (C=O) groups is 2. The van der Waals surface area contributed by atoms with Gasteiger partial charge in [0.2, 0.25) is 0 Å². The fraction of sp³-hybridized carbons (Fsp3) is 0.455. The van der Waals surface area contributed by atoms with Crippen molar-refractivity contribution in [3.05, 3.63) is 10.4 Å². The zero-order valence-electron chi connectivity index (χ0n) is 10.3. The van der Waals surface area contributed by atoms with Crippen LogP contribution in [0.4, 0.5) is 10.7 Å². The fourth-order valence-electron chi connectivity index (χ4n) is 1.62. The van der Waals surface area contributed by atoms with Crippen LogP contribution in [0, 0.1) is 0 Å². The third-order valence-electron chi connectivity index (χ3n) is 2.75. The molecule has 98 valence electrons. The quantitative estimate of drug-likeness (QED) is 0.644. The molecule has 0 atom stereocenters. The average molecular weight is 268 g/mol. The largest absolute Gasteiger partial charge is 0.397 e. The number of nitrogens with two attached hydrogens (primary N) is 1. The monoisotopic (exact) mass is 268 g/mol. The van der Waals surface area contributed by atoms with E-state index in [-0.39, 0.29) is 23.5 Å². The topological polar surface area (TPSA) is 96.2 Å². The second kappa shape index (κ2) is 4.85. The minimum Gasteiger partial charge on any atom is -0.397 e. The summed E-state index contributed by atoms with van der Waals surface area (Å²) in [4.78, 5) is 24.1. The van der Waals surface area contributed by atoms with Crippen LogP contribution in [0.3, 0.4) is 0 Å². The minimum absolute atomic E-state index is 0.202. The molecule has 1 fully saturated rings. The SMILES string of the molecule is CNC(=O)c1c(NC)sc(C(=O)NC2CC2)c1N. The first-order valence-electron chi connectivity index (χ1n) is 5.71. The summed E-state index contributed by atoms with van der Waals surface area (Å²) in [6.07, 6.45) is 2.02.